The van der Waals surface area contributed by atoms with Crippen molar-refractivity contribution in [1.29, 1.82) is 0 Å². The number of fused-ring (bicyclic) bond motifs is 1. The van der Waals surface area contributed by atoms with Gasteiger partial charge in [-0.05, 0) is 24.0 Å². The van der Waals surface area contributed by atoms with Crippen LogP contribution in [0.5, 0.6) is 0 Å². The Balaban J connectivity index is 2.49. The molecule has 2 rings (SSSR count). The summed E-state index contributed by atoms with van der Waals surface area (Å²) in [6.45, 7) is 0. The average Bonchev–Trinajstić information content (AvgIpc) is 2.18. The molecule has 2 heteroatoms. The topological polar surface area (TPSA) is 12.9 Å². The summed E-state index contributed by atoms with van der Waals surface area (Å²) in [5, 5.41) is 1.23. The lowest BCUT2D eigenvalue weighted by Crippen LogP contribution is -1.83. The van der Waals surface area contributed by atoms with Gasteiger partial charge in [-0.3, -0.25) is 4.98 Å². The van der Waals surface area contributed by atoms with Gasteiger partial charge in [-0.25, -0.2) is 0 Å². The van der Waals surface area contributed by atoms with E-state index >= 15 is 0 Å². The SMILES string of the molecule is CSCc1cnc2ccccc2c1. The Morgan fingerprint density at radius 3 is 3.00 bits per heavy atom. The van der Waals surface area contributed by atoms with Gasteiger partial charge in [0.05, 0.1) is 5.52 Å². The first-order chi connectivity index (χ1) is 6.40. The molecule has 2 aromatic rings. The first-order valence-corrected chi connectivity index (χ1v) is 5.62. The van der Waals surface area contributed by atoms with Crippen LogP contribution in [0.3, 0.4) is 0 Å². The van der Waals surface area contributed by atoms with Gasteiger partial charge in [0, 0.05) is 17.3 Å². The van der Waals surface area contributed by atoms with Crippen molar-refractivity contribution in [3.05, 3.63) is 42.1 Å². The lowest BCUT2D eigenvalue weighted by Gasteiger charge is -2.00. The third kappa shape index (κ3) is 1.83. The molecule has 0 N–H and O–H groups in total. The van der Waals surface area contributed by atoms with Gasteiger partial charge < -0.3 is 0 Å². The van der Waals surface area contributed by atoms with Crippen molar-refractivity contribution in [3.63, 3.8) is 0 Å². The minimum atomic E-state index is 1.04. The van der Waals surface area contributed by atoms with Crippen molar-refractivity contribution in [3.8, 4) is 0 Å². The summed E-state index contributed by atoms with van der Waals surface area (Å²) in [5.74, 6) is 1.04. The van der Waals surface area contributed by atoms with Crippen LogP contribution in [0.2, 0.25) is 0 Å². The maximum absolute atomic E-state index is 4.39. The molecule has 0 bridgehead atoms. The predicted octanol–water partition coefficient (Wildman–Crippen LogP) is 3.10. The molecule has 0 aliphatic carbocycles. The number of benzene rings is 1. The second kappa shape index (κ2) is 3.79. The Morgan fingerprint density at radius 2 is 2.15 bits per heavy atom. The Morgan fingerprint density at radius 1 is 1.31 bits per heavy atom. The van der Waals surface area contributed by atoms with Gasteiger partial charge >= 0.3 is 0 Å². The fourth-order valence-corrected chi connectivity index (χ4v) is 1.85. The van der Waals surface area contributed by atoms with E-state index in [-0.39, 0.29) is 0 Å². The minimum absolute atomic E-state index is 1.04. The lowest BCUT2D eigenvalue weighted by atomic mass is 10.2. The average molecular weight is 189 g/mol. The molecular formula is C11H11NS. The number of rotatable bonds is 2. The predicted molar refractivity (Wildman–Crippen MR) is 59.0 cm³/mol. The van der Waals surface area contributed by atoms with E-state index in [1.54, 1.807) is 0 Å². The van der Waals surface area contributed by atoms with Crippen LogP contribution in [0.4, 0.5) is 0 Å². The highest BCUT2D eigenvalue weighted by atomic mass is 32.2. The maximum Gasteiger partial charge on any atom is 0.0702 e. The molecule has 66 valence electrons. The van der Waals surface area contributed by atoms with E-state index in [2.05, 4.69) is 23.4 Å². The van der Waals surface area contributed by atoms with Crippen LogP contribution < -0.4 is 0 Å². The number of thioether (sulfide) groups is 1. The van der Waals surface area contributed by atoms with Crippen molar-refractivity contribution in [2.75, 3.05) is 6.26 Å². The highest BCUT2D eigenvalue weighted by Gasteiger charge is 1.95. The molecule has 0 atom stereocenters. The second-order valence-corrected chi connectivity index (χ2v) is 3.84. The normalized spacial score (nSPS) is 10.5. The van der Waals surface area contributed by atoms with E-state index in [4.69, 9.17) is 0 Å². The van der Waals surface area contributed by atoms with Crippen LogP contribution in [-0.2, 0) is 5.75 Å². The van der Waals surface area contributed by atoms with Crippen molar-refractivity contribution in [1.82, 2.24) is 4.98 Å². The fraction of sp³-hybridized carbons (Fsp3) is 0.182. The molecular weight excluding hydrogens is 178 g/mol. The number of hydrogen-bond donors (Lipinski definition) is 0. The van der Waals surface area contributed by atoms with E-state index in [1.807, 2.05) is 36.2 Å². The van der Waals surface area contributed by atoms with E-state index in [0.717, 1.165) is 11.3 Å². The molecule has 0 radical (unpaired) electrons. The zero-order valence-corrected chi connectivity index (χ0v) is 8.34. The summed E-state index contributed by atoms with van der Waals surface area (Å²) in [5.41, 5.74) is 2.37. The smallest absolute Gasteiger partial charge is 0.0702 e. The van der Waals surface area contributed by atoms with Crippen molar-refractivity contribution >= 4 is 22.7 Å². The van der Waals surface area contributed by atoms with Gasteiger partial charge in [-0.15, -0.1) is 0 Å². The second-order valence-electron chi connectivity index (χ2n) is 2.97. The molecule has 0 saturated carbocycles. The maximum atomic E-state index is 4.39. The summed E-state index contributed by atoms with van der Waals surface area (Å²) in [6.07, 6.45) is 4.06. The lowest BCUT2D eigenvalue weighted by molar-refractivity contribution is 1.31. The van der Waals surface area contributed by atoms with Gasteiger partial charge in [0.1, 0.15) is 0 Å². The molecule has 0 aliphatic heterocycles. The third-order valence-electron chi connectivity index (χ3n) is 1.96. The molecule has 1 aromatic heterocycles. The molecule has 1 heterocycles. The Kier molecular flexibility index (Phi) is 2.50. The number of para-hydroxylation sites is 1. The molecule has 0 fully saturated rings. The standard InChI is InChI=1S/C11H11NS/c1-13-8-9-6-10-4-2-3-5-11(10)12-7-9/h2-7H,8H2,1H3. The first kappa shape index (κ1) is 8.57. The molecule has 0 spiro atoms. The van der Waals surface area contributed by atoms with Gasteiger partial charge in [0.15, 0.2) is 0 Å². The third-order valence-corrected chi connectivity index (χ3v) is 2.58. The van der Waals surface area contributed by atoms with Gasteiger partial charge in [-0.2, -0.15) is 11.8 Å². The molecule has 0 aliphatic rings. The van der Waals surface area contributed by atoms with Gasteiger partial charge in [0.25, 0.3) is 0 Å². The summed E-state index contributed by atoms with van der Waals surface area (Å²) in [4.78, 5) is 4.39. The summed E-state index contributed by atoms with van der Waals surface area (Å²) in [6, 6.07) is 10.4. The quantitative estimate of drug-likeness (QED) is 0.720. The van der Waals surface area contributed by atoms with Crippen LogP contribution in [-0.4, -0.2) is 11.2 Å². The Bertz CT molecular complexity index is 412. The highest BCUT2D eigenvalue weighted by molar-refractivity contribution is 7.97. The zero-order valence-electron chi connectivity index (χ0n) is 7.53. The summed E-state index contributed by atoms with van der Waals surface area (Å²) < 4.78 is 0. The van der Waals surface area contributed by atoms with E-state index in [0.29, 0.717) is 0 Å². The monoisotopic (exact) mass is 189 g/mol. The fourth-order valence-electron chi connectivity index (χ4n) is 1.36. The molecule has 0 amide bonds. The van der Waals surface area contributed by atoms with Crippen LogP contribution in [0.25, 0.3) is 10.9 Å². The number of nitrogens with zero attached hydrogens (tertiary/aromatic N) is 1. The molecule has 0 unspecified atom stereocenters. The Hall–Kier alpha value is -1.02. The van der Waals surface area contributed by atoms with Crippen LogP contribution in [0, 0.1) is 0 Å². The first-order valence-electron chi connectivity index (χ1n) is 4.23. The largest absolute Gasteiger partial charge is 0.256 e. The van der Waals surface area contributed by atoms with Crippen LogP contribution in [0.15, 0.2) is 36.5 Å². The highest BCUT2D eigenvalue weighted by Crippen LogP contribution is 2.15. The summed E-state index contributed by atoms with van der Waals surface area (Å²) >= 11 is 1.82. The van der Waals surface area contributed by atoms with Crippen LogP contribution in [0.1, 0.15) is 5.56 Å². The van der Waals surface area contributed by atoms with Gasteiger partial charge in [0.2, 0.25) is 0 Å². The molecule has 1 nitrogen and oxygen atoms in total. The van der Waals surface area contributed by atoms with Crippen molar-refractivity contribution in [2.45, 2.75) is 5.75 Å². The van der Waals surface area contributed by atoms with Crippen LogP contribution >= 0.6 is 11.8 Å². The molecule has 0 saturated heterocycles. The van der Waals surface area contributed by atoms with Crippen molar-refractivity contribution < 1.29 is 0 Å². The molecule has 1 aromatic carbocycles. The molecule has 13 heavy (non-hydrogen) atoms. The van der Waals surface area contributed by atoms with E-state index in [1.165, 1.54) is 10.9 Å². The number of pyridine rings is 1. The minimum Gasteiger partial charge on any atom is -0.256 e. The van der Waals surface area contributed by atoms with E-state index in [9.17, 15) is 0 Å². The van der Waals surface area contributed by atoms with Gasteiger partial charge in [-0.1, -0.05) is 18.2 Å². The van der Waals surface area contributed by atoms with Crippen molar-refractivity contribution in [2.24, 2.45) is 0 Å². The summed E-state index contributed by atoms with van der Waals surface area (Å²) in [7, 11) is 0. The van der Waals surface area contributed by atoms with E-state index < -0.39 is 0 Å². The number of hydrogen-bond acceptors (Lipinski definition) is 2. The zero-order chi connectivity index (χ0) is 9.10. The Labute approximate surface area is 82.2 Å². The number of aromatic nitrogens is 1.